The summed E-state index contributed by atoms with van der Waals surface area (Å²) in [6.45, 7) is 1.73. The Bertz CT molecular complexity index is 654. The molecule has 2 atom stereocenters. The number of para-hydroxylation sites is 1. The van der Waals surface area contributed by atoms with Gasteiger partial charge in [-0.05, 0) is 18.1 Å². The van der Waals surface area contributed by atoms with Gasteiger partial charge in [0.25, 0.3) is 0 Å². The lowest BCUT2D eigenvalue weighted by Crippen LogP contribution is -2.46. The highest BCUT2D eigenvalue weighted by atomic mass is 16.4. The van der Waals surface area contributed by atoms with E-state index in [1.165, 1.54) is 0 Å². The van der Waals surface area contributed by atoms with Crippen molar-refractivity contribution in [2.45, 2.75) is 19.1 Å². The van der Waals surface area contributed by atoms with Crippen molar-refractivity contribution in [3.05, 3.63) is 42.1 Å². The molecule has 0 spiro atoms. The van der Waals surface area contributed by atoms with E-state index in [4.69, 9.17) is 5.11 Å². The van der Waals surface area contributed by atoms with Crippen molar-refractivity contribution in [3.63, 3.8) is 0 Å². The van der Waals surface area contributed by atoms with Crippen molar-refractivity contribution in [3.8, 4) is 0 Å². The third kappa shape index (κ3) is 2.89. The van der Waals surface area contributed by atoms with Gasteiger partial charge in [-0.2, -0.15) is 0 Å². The minimum Gasteiger partial charge on any atom is -0.481 e. The number of benzene rings is 1. The maximum Gasteiger partial charge on any atom is 0.310 e. The Morgan fingerprint density at radius 3 is 2.95 bits per heavy atom. The van der Waals surface area contributed by atoms with Crippen molar-refractivity contribution < 1.29 is 15.0 Å². The van der Waals surface area contributed by atoms with Crippen LogP contribution in [0, 0.1) is 5.92 Å². The van der Waals surface area contributed by atoms with Crippen LogP contribution in [0.25, 0.3) is 10.9 Å². The zero-order valence-electron chi connectivity index (χ0n) is 11.6. The van der Waals surface area contributed by atoms with Crippen LogP contribution in [0.4, 0.5) is 0 Å². The predicted molar refractivity (Wildman–Crippen MR) is 78.8 cm³/mol. The summed E-state index contributed by atoms with van der Waals surface area (Å²) in [5.74, 6) is -1.63. The molecular weight excluding hydrogens is 268 g/mol. The van der Waals surface area contributed by atoms with E-state index in [1.807, 2.05) is 30.3 Å². The quantitative estimate of drug-likeness (QED) is 0.894. The SMILES string of the molecule is O=C(O)[C@@H]1CN(Cc2cccc3cccnc23)CC[C@@H]1O. The van der Waals surface area contributed by atoms with Crippen LogP contribution < -0.4 is 0 Å². The summed E-state index contributed by atoms with van der Waals surface area (Å²) >= 11 is 0. The number of pyridine rings is 1. The highest BCUT2D eigenvalue weighted by Crippen LogP contribution is 2.22. The monoisotopic (exact) mass is 286 g/mol. The molecule has 0 unspecified atom stereocenters. The number of aliphatic carboxylic acids is 1. The Morgan fingerprint density at radius 1 is 1.33 bits per heavy atom. The average molecular weight is 286 g/mol. The molecule has 5 heteroatoms. The highest BCUT2D eigenvalue weighted by molar-refractivity contribution is 5.81. The Hall–Kier alpha value is -1.98. The maximum absolute atomic E-state index is 11.2. The summed E-state index contributed by atoms with van der Waals surface area (Å²) in [4.78, 5) is 17.7. The molecule has 1 aliphatic heterocycles. The number of hydrogen-bond acceptors (Lipinski definition) is 4. The molecule has 0 saturated carbocycles. The van der Waals surface area contributed by atoms with E-state index in [-0.39, 0.29) is 0 Å². The number of aromatic nitrogens is 1. The lowest BCUT2D eigenvalue weighted by molar-refractivity contribution is -0.149. The average Bonchev–Trinajstić information content (AvgIpc) is 2.49. The van der Waals surface area contributed by atoms with Crippen LogP contribution in [0.3, 0.4) is 0 Å². The minimum atomic E-state index is -0.928. The van der Waals surface area contributed by atoms with Gasteiger partial charge in [0.1, 0.15) is 0 Å². The number of aliphatic hydroxyl groups excluding tert-OH is 1. The Labute approximate surface area is 122 Å². The number of rotatable bonds is 3. The molecule has 0 radical (unpaired) electrons. The van der Waals surface area contributed by atoms with Crippen LogP contribution in [-0.4, -0.2) is 45.3 Å². The van der Waals surface area contributed by atoms with E-state index in [0.29, 0.717) is 26.1 Å². The van der Waals surface area contributed by atoms with Crippen molar-refractivity contribution >= 4 is 16.9 Å². The van der Waals surface area contributed by atoms with Gasteiger partial charge in [-0.3, -0.25) is 14.7 Å². The zero-order chi connectivity index (χ0) is 14.8. The van der Waals surface area contributed by atoms with Gasteiger partial charge in [-0.1, -0.05) is 24.3 Å². The zero-order valence-corrected chi connectivity index (χ0v) is 11.6. The van der Waals surface area contributed by atoms with Crippen molar-refractivity contribution in [2.24, 2.45) is 5.92 Å². The fourth-order valence-corrected chi connectivity index (χ4v) is 2.93. The number of carbonyl (C=O) groups is 1. The van der Waals surface area contributed by atoms with E-state index < -0.39 is 18.0 Å². The molecule has 1 fully saturated rings. The van der Waals surface area contributed by atoms with Gasteiger partial charge in [0.05, 0.1) is 17.5 Å². The van der Waals surface area contributed by atoms with Crippen LogP contribution in [-0.2, 0) is 11.3 Å². The molecule has 2 N–H and O–H groups in total. The summed E-state index contributed by atoms with van der Waals surface area (Å²) in [5.41, 5.74) is 2.05. The Kier molecular flexibility index (Phi) is 3.86. The summed E-state index contributed by atoms with van der Waals surface area (Å²) in [7, 11) is 0. The number of nitrogens with zero attached hydrogens (tertiary/aromatic N) is 2. The largest absolute Gasteiger partial charge is 0.481 e. The molecule has 1 aromatic carbocycles. The second kappa shape index (κ2) is 5.79. The fourth-order valence-electron chi connectivity index (χ4n) is 2.93. The molecule has 3 rings (SSSR count). The van der Waals surface area contributed by atoms with Gasteiger partial charge in [0.15, 0.2) is 0 Å². The van der Waals surface area contributed by atoms with Crippen molar-refractivity contribution in [2.75, 3.05) is 13.1 Å². The first kappa shape index (κ1) is 14.0. The van der Waals surface area contributed by atoms with Crippen LogP contribution in [0.2, 0.25) is 0 Å². The molecule has 1 aromatic heterocycles. The van der Waals surface area contributed by atoms with E-state index in [1.54, 1.807) is 6.20 Å². The number of fused-ring (bicyclic) bond motifs is 1. The molecular formula is C16H18N2O3. The second-order valence-corrected chi connectivity index (χ2v) is 5.53. The van der Waals surface area contributed by atoms with Gasteiger partial charge in [0.2, 0.25) is 0 Å². The van der Waals surface area contributed by atoms with Crippen LogP contribution in [0.15, 0.2) is 36.5 Å². The smallest absolute Gasteiger partial charge is 0.310 e. The van der Waals surface area contributed by atoms with E-state index >= 15 is 0 Å². The van der Waals surface area contributed by atoms with E-state index in [9.17, 15) is 9.90 Å². The van der Waals surface area contributed by atoms with Gasteiger partial charge in [-0.15, -0.1) is 0 Å². The summed E-state index contributed by atoms with van der Waals surface area (Å²) < 4.78 is 0. The molecule has 1 saturated heterocycles. The summed E-state index contributed by atoms with van der Waals surface area (Å²) in [6, 6.07) is 9.96. The molecule has 0 bridgehead atoms. The first-order valence-electron chi connectivity index (χ1n) is 7.11. The first-order valence-corrected chi connectivity index (χ1v) is 7.11. The third-order valence-electron chi connectivity index (χ3n) is 4.09. The molecule has 2 aromatic rings. The van der Waals surface area contributed by atoms with Gasteiger partial charge in [-0.25, -0.2) is 0 Å². The van der Waals surface area contributed by atoms with Gasteiger partial charge in [0, 0.05) is 31.2 Å². The van der Waals surface area contributed by atoms with Gasteiger partial charge >= 0.3 is 5.97 Å². The first-order chi connectivity index (χ1) is 10.1. The Morgan fingerprint density at radius 2 is 2.14 bits per heavy atom. The number of aliphatic hydroxyl groups is 1. The topological polar surface area (TPSA) is 73.7 Å². The Balaban J connectivity index is 1.81. The standard InChI is InChI=1S/C16H18N2O3/c19-14-6-8-18(10-13(14)16(20)21)9-12-4-1-3-11-5-2-7-17-15(11)12/h1-5,7,13-14,19H,6,8-10H2,(H,20,21)/t13-,14+/m1/s1. The molecule has 0 aliphatic carbocycles. The van der Waals surface area contributed by atoms with Crippen LogP contribution >= 0.6 is 0 Å². The molecule has 21 heavy (non-hydrogen) atoms. The number of carboxylic acids is 1. The number of likely N-dealkylation sites (tertiary alicyclic amines) is 1. The summed E-state index contributed by atoms with van der Waals surface area (Å²) in [6.07, 6.45) is 1.52. The number of hydrogen-bond donors (Lipinski definition) is 2. The lowest BCUT2D eigenvalue weighted by atomic mass is 9.94. The van der Waals surface area contributed by atoms with Crippen molar-refractivity contribution in [1.29, 1.82) is 0 Å². The predicted octanol–water partition coefficient (Wildman–Crippen LogP) is 1.50. The number of carboxylic acid groups (broad SMARTS) is 1. The molecule has 1 aliphatic rings. The molecule has 110 valence electrons. The normalized spacial score (nSPS) is 23.3. The highest BCUT2D eigenvalue weighted by Gasteiger charge is 2.33. The maximum atomic E-state index is 11.2. The lowest BCUT2D eigenvalue weighted by Gasteiger charge is -2.34. The second-order valence-electron chi connectivity index (χ2n) is 5.53. The molecule has 2 heterocycles. The molecule has 5 nitrogen and oxygen atoms in total. The third-order valence-corrected chi connectivity index (χ3v) is 4.09. The van der Waals surface area contributed by atoms with Crippen LogP contribution in [0.1, 0.15) is 12.0 Å². The summed E-state index contributed by atoms with van der Waals surface area (Å²) in [5, 5.41) is 20.0. The van der Waals surface area contributed by atoms with Gasteiger partial charge < -0.3 is 10.2 Å². The van der Waals surface area contributed by atoms with Crippen molar-refractivity contribution in [1.82, 2.24) is 9.88 Å². The van der Waals surface area contributed by atoms with Crippen LogP contribution in [0.5, 0.6) is 0 Å². The van der Waals surface area contributed by atoms with E-state index in [0.717, 1.165) is 16.5 Å². The molecule has 0 amide bonds. The number of piperidine rings is 1. The fraction of sp³-hybridized carbons (Fsp3) is 0.375. The van der Waals surface area contributed by atoms with E-state index in [2.05, 4.69) is 9.88 Å². The minimum absolute atomic E-state index is 0.375.